The molecule has 1 nitrogen and oxygen atoms in total. The maximum absolute atomic E-state index is 3.56. The molecule has 2 fully saturated rings. The van der Waals surface area contributed by atoms with Crippen LogP contribution >= 0.6 is 0 Å². The quantitative estimate of drug-likeness (QED) is 0.730. The molecule has 0 aliphatic heterocycles. The minimum atomic E-state index is 0.579. The van der Waals surface area contributed by atoms with E-state index >= 15 is 0 Å². The second-order valence-electron chi connectivity index (χ2n) is 6.28. The summed E-state index contributed by atoms with van der Waals surface area (Å²) >= 11 is 0. The van der Waals surface area contributed by atoms with Gasteiger partial charge in [-0.1, -0.05) is 27.7 Å². The number of fused-ring (bicyclic) bond motifs is 2. The van der Waals surface area contributed by atoms with Crippen molar-refractivity contribution in [2.45, 2.75) is 47.0 Å². The lowest BCUT2D eigenvalue weighted by Crippen LogP contribution is -2.41. The summed E-state index contributed by atoms with van der Waals surface area (Å²) in [5.74, 6) is 1.89. The van der Waals surface area contributed by atoms with E-state index in [0.717, 1.165) is 18.4 Å². The first-order valence-electron chi connectivity index (χ1n) is 6.21. The Morgan fingerprint density at radius 1 is 1.29 bits per heavy atom. The lowest BCUT2D eigenvalue weighted by molar-refractivity contribution is 0.0746. The van der Waals surface area contributed by atoms with Gasteiger partial charge in [-0.25, -0.2) is 0 Å². The zero-order valence-corrected chi connectivity index (χ0v) is 10.2. The molecule has 2 bridgehead atoms. The fourth-order valence-electron chi connectivity index (χ4n) is 4.20. The van der Waals surface area contributed by atoms with E-state index < -0.39 is 0 Å². The molecule has 0 aromatic rings. The molecule has 0 aromatic heterocycles. The molecule has 0 saturated heterocycles. The third-order valence-corrected chi connectivity index (χ3v) is 5.17. The molecule has 0 spiro atoms. The molecule has 1 N–H and O–H groups in total. The average molecular weight is 195 g/mol. The van der Waals surface area contributed by atoms with Gasteiger partial charge in [-0.05, 0) is 55.0 Å². The Bertz CT molecular complexity index is 217. The van der Waals surface area contributed by atoms with Gasteiger partial charge in [-0.3, -0.25) is 0 Å². The van der Waals surface area contributed by atoms with Crippen LogP contribution in [0.2, 0.25) is 0 Å². The zero-order valence-electron chi connectivity index (χ0n) is 10.2. The number of hydrogen-bond donors (Lipinski definition) is 1. The Hall–Kier alpha value is -0.0400. The first-order valence-corrected chi connectivity index (χ1v) is 6.21. The van der Waals surface area contributed by atoms with Gasteiger partial charge in [0.2, 0.25) is 0 Å². The van der Waals surface area contributed by atoms with Crippen LogP contribution in [0.1, 0.15) is 47.0 Å². The van der Waals surface area contributed by atoms with Crippen molar-refractivity contribution >= 4 is 0 Å². The zero-order chi connectivity index (χ0) is 10.4. The van der Waals surface area contributed by atoms with Crippen molar-refractivity contribution < 1.29 is 0 Å². The summed E-state index contributed by atoms with van der Waals surface area (Å²) in [6.07, 6.45) is 4.43. The summed E-state index contributed by atoms with van der Waals surface area (Å²) in [4.78, 5) is 0. The number of hydrogen-bond acceptors (Lipinski definition) is 1. The standard InChI is InChI=1S/C13H25N/c1-5-14-9-11-12(2,3)10-6-7-13(11,4)8-10/h10-11,14H,5-9H2,1-4H3. The number of nitrogens with one attached hydrogen (secondary N) is 1. The van der Waals surface area contributed by atoms with Gasteiger partial charge in [-0.2, -0.15) is 0 Å². The van der Waals surface area contributed by atoms with E-state index in [-0.39, 0.29) is 0 Å². The monoisotopic (exact) mass is 195 g/mol. The fraction of sp³-hybridized carbons (Fsp3) is 1.00. The van der Waals surface area contributed by atoms with Gasteiger partial charge in [-0.15, -0.1) is 0 Å². The molecule has 1 heteroatoms. The first kappa shape index (κ1) is 10.5. The van der Waals surface area contributed by atoms with Crippen LogP contribution in [-0.2, 0) is 0 Å². The third-order valence-electron chi connectivity index (χ3n) is 5.17. The van der Waals surface area contributed by atoms with Crippen LogP contribution < -0.4 is 5.32 Å². The van der Waals surface area contributed by atoms with E-state index in [1.54, 1.807) is 0 Å². The van der Waals surface area contributed by atoms with Crippen LogP contribution in [0, 0.1) is 22.7 Å². The van der Waals surface area contributed by atoms with Gasteiger partial charge in [0.15, 0.2) is 0 Å². The summed E-state index contributed by atoms with van der Waals surface area (Å²) < 4.78 is 0. The molecule has 0 amide bonds. The predicted octanol–water partition coefficient (Wildman–Crippen LogP) is 3.06. The molecule has 2 aliphatic carbocycles. The minimum Gasteiger partial charge on any atom is -0.317 e. The summed E-state index contributed by atoms with van der Waals surface area (Å²) in [6, 6.07) is 0. The largest absolute Gasteiger partial charge is 0.317 e. The summed E-state index contributed by atoms with van der Waals surface area (Å²) in [6.45, 7) is 12.1. The van der Waals surface area contributed by atoms with Crippen molar-refractivity contribution in [3.05, 3.63) is 0 Å². The first-order chi connectivity index (χ1) is 6.50. The van der Waals surface area contributed by atoms with Crippen molar-refractivity contribution in [1.82, 2.24) is 5.32 Å². The molecule has 14 heavy (non-hydrogen) atoms. The van der Waals surface area contributed by atoms with Gasteiger partial charge < -0.3 is 5.32 Å². The van der Waals surface area contributed by atoms with Crippen LogP contribution in [0.25, 0.3) is 0 Å². The van der Waals surface area contributed by atoms with Gasteiger partial charge in [0.25, 0.3) is 0 Å². The highest BCUT2D eigenvalue weighted by atomic mass is 14.9. The van der Waals surface area contributed by atoms with E-state index in [4.69, 9.17) is 0 Å². The van der Waals surface area contributed by atoms with E-state index in [0.29, 0.717) is 10.8 Å². The topological polar surface area (TPSA) is 12.0 Å². The summed E-state index contributed by atoms with van der Waals surface area (Å²) in [7, 11) is 0. The Labute approximate surface area is 88.7 Å². The highest BCUT2D eigenvalue weighted by Gasteiger charge is 2.58. The molecular weight excluding hydrogens is 170 g/mol. The fourth-order valence-corrected chi connectivity index (χ4v) is 4.20. The van der Waals surface area contributed by atoms with Crippen molar-refractivity contribution in [3.63, 3.8) is 0 Å². The molecule has 2 saturated carbocycles. The van der Waals surface area contributed by atoms with Gasteiger partial charge >= 0.3 is 0 Å². The van der Waals surface area contributed by atoms with Crippen LogP contribution in [0.5, 0.6) is 0 Å². The lowest BCUT2D eigenvalue weighted by atomic mass is 9.64. The molecule has 0 aromatic carbocycles. The van der Waals surface area contributed by atoms with Crippen LogP contribution in [0.3, 0.4) is 0 Å². The SMILES string of the molecule is CCNCC1C2(C)CCC(C2)C1(C)C. The normalized spacial score (nSPS) is 44.6. The Morgan fingerprint density at radius 2 is 2.00 bits per heavy atom. The smallest absolute Gasteiger partial charge is 0.00102 e. The van der Waals surface area contributed by atoms with E-state index in [1.165, 1.54) is 25.8 Å². The van der Waals surface area contributed by atoms with Gasteiger partial charge in [0.05, 0.1) is 0 Å². The molecule has 3 unspecified atom stereocenters. The number of rotatable bonds is 3. The van der Waals surface area contributed by atoms with Gasteiger partial charge in [0, 0.05) is 0 Å². The molecule has 0 heterocycles. The summed E-state index contributed by atoms with van der Waals surface area (Å²) in [5, 5.41) is 3.56. The molecule has 82 valence electrons. The van der Waals surface area contributed by atoms with Crippen LogP contribution in [0.4, 0.5) is 0 Å². The Balaban J connectivity index is 2.13. The van der Waals surface area contributed by atoms with Crippen molar-refractivity contribution in [1.29, 1.82) is 0 Å². The molecule has 2 aliphatic rings. The van der Waals surface area contributed by atoms with E-state index in [1.807, 2.05) is 0 Å². The second kappa shape index (κ2) is 3.23. The molecule has 0 radical (unpaired) electrons. The van der Waals surface area contributed by atoms with Crippen molar-refractivity contribution in [2.75, 3.05) is 13.1 Å². The lowest BCUT2D eigenvalue weighted by Gasteiger charge is -2.43. The predicted molar refractivity (Wildman–Crippen MR) is 61.3 cm³/mol. The second-order valence-corrected chi connectivity index (χ2v) is 6.28. The van der Waals surface area contributed by atoms with Crippen LogP contribution in [0.15, 0.2) is 0 Å². The van der Waals surface area contributed by atoms with Crippen LogP contribution in [-0.4, -0.2) is 13.1 Å². The van der Waals surface area contributed by atoms with E-state index in [2.05, 4.69) is 33.0 Å². The highest BCUT2D eigenvalue weighted by Crippen LogP contribution is 2.65. The summed E-state index contributed by atoms with van der Waals surface area (Å²) in [5.41, 5.74) is 1.23. The van der Waals surface area contributed by atoms with Crippen molar-refractivity contribution in [3.8, 4) is 0 Å². The van der Waals surface area contributed by atoms with E-state index in [9.17, 15) is 0 Å². The highest BCUT2D eigenvalue weighted by molar-refractivity contribution is 5.08. The maximum Gasteiger partial charge on any atom is -0.00102 e. The Kier molecular flexibility index (Phi) is 2.42. The maximum atomic E-state index is 3.56. The minimum absolute atomic E-state index is 0.579. The van der Waals surface area contributed by atoms with Crippen molar-refractivity contribution in [2.24, 2.45) is 22.7 Å². The van der Waals surface area contributed by atoms with Gasteiger partial charge in [0.1, 0.15) is 0 Å². The molecule has 2 rings (SSSR count). The molecular formula is C13H25N. The molecule has 3 atom stereocenters. The third kappa shape index (κ3) is 1.32. The Morgan fingerprint density at radius 3 is 2.50 bits per heavy atom. The average Bonchev–Trinajstić information content (AvgIpc) is 2.55.